The van der Waals surface area contributed by atoms with Gasteiger partial charge >= 0.3 is 0 Å². The molecule has 7 heteroatoms. The summed E-state index contributed by atoms with van der Waals surface area (Å²) in [7, 11) is 0. The molecule has 3 aromatic rings. The van der Waals surface area contributed by atoms with Gasteiger partial charge in [0.15, 0.2) is 5.13 Å². The summed E-state index contributed by atoms with van der Waals surface area (Å²) in [4.78, 5) is 30.4. The van der Waals surface area contributed by atoms with Crippen LogP contribution >= 0.6 is 11.3 Å². The second kappa shape index (κ2) is 9.09. The molecule has 0 unspecified atom stereocenters. The third-order valence-corrected chi connectivity index (χ3v) is 5.73. The molecule has 6 nitrogen and oxygen atoms in total. The number of carbonyl (C=O) groups is 2. The number of thiazole rings is 1. The molecule has 0 atom stereocenters. The van der Waals surface area contributed by atoms with E-state index in [4.69, 9.17) is 4.74 Å². The lowest BCUT2D eigenvalue weighted by Gasteiger charge is -2.15. The zero-order chi connectivity index (χ0) is 20.9. The molecule has 0 radical (unpaired) electrons. The number of amides is 2. The van der Waals surface area contributed by atoms with Gasteiger partial charge in [0.1, 0.15) is 5.75 Å². The van der Waals surface area contributed by atoms with Crippen LogP contribution in [0.5, 0.6) is 5.75 Å². The molecule has 2 heterocycles. The van der Waals surface area contributed by atoms with Crippen molar-refractivity contribution in [1.82, 2.24) is 4.98 Å². The third kappa shape index (κ3) is 4.68. The van der Waals surface area contributed by atoms with Gasteiger partial charge in [-0.05, 0) is 36.6 Å². The van der Waals surface area contributed by atoms with Crippen LogP contribution in [0, 0.1) is 0 Å². The van der Waals surface area contributed by atoms with Crippen LogP contribution < -0.4 is 15.0 Å². The molecule has 1 aliphatic rings. The number of aromatic nitrogens is 1. The number of nitrogens with zero attached hydrogens (tertiary/aromatic N) is 2. The van der Waals surface area contributed by atoms with Crippen LogP contribution in [0.1, 0.15) is 25.3 Å². The van der Waals surface area contributed by atoms with Gasteiger partial charge in [0.25, 0.3) is 0 Å². The van der Waals surface area contributed by atoms with Gasteiger partial charge in [-0.15, -0.1) is 11.3 Å². The van der Waals surface area contributed by atoms with Gasteiger partial charge in [-0.3, -0.25) is 9.59 Å². The number of benzene rings is 2. The molecular formula is C23H23N3O3S. The first kappa shape index (κ1) is 20.1. The Labute approximate surface area is 179 Å². The van der Waals surface area contributed by atoms with E-state index < -0.39 is 0 Å². The number of carbonyl (C=O) groups excluding carboxylic acids is 2. The summed E-state index contributed by atoms with van der Waals surface area (Å²) in [5.74, 6) is 0.776. The first-order chi connectivity index (χ1) is 14.6. The molecule has 0 spiro atoms. The van der Waals surface area contributed by atoms with Gasteiger partial charge in [-0.1, -0.05) is 30.3 Å². The van der Waals surface area contributed by atoms with Gasteiger partial charge in [-0.2, -0.15) is 0 Å². The summed E-state index contributed by atoms with van der Waals surface area (Å²) in [5, 5.41) is 5.35. The molecule has 0 saturated heterocycles. The van der Waals surface area contributed by atoms with Crippen LogP contribution in [0.4, 0.5) is 10.8 Å². The zero-order valence-electron chi connectivity index (χ0n) is 16.8. The maximum absolute atomic E-state index is 12.2. The highest BCUT2D eigenvalue weighted by Gasteiger charge is 2.22. The lowest BCUT2D eigenvalue weighted by atomic mass is 10.1. The number of fused-ring (bicyclic) bond motifs is 1. The SMILES string of the molecule is CC(=O)N1CCc2ccc(-c3csc(NC(=O)CCCOc4ccccc4)n3)cc21. The van der Waals surface area contributed by atoms with Crippen molar-refractivity contribution in [2.45, 2.75) is 26.2 Å². The van der Waals surface area contributed by atoms with E-state index in [0.29, 0.717) is 24.6 Å². The Morgan fingerprint density at radius 1 is 1.20 bits per heavy atom. The van der Waals surface area contributed by atoms with Crippen molar-refractivity contribution >= 4 is 34.0 Å². The van der Waals surface area contributed by atoms with Gasteiger partial charge in [0, 0.05) is 36.5 Å². The second-order valence-corrected chi connectivity index (χ2v) is 7.97. The Kier molecular flexibility index (Phi) is 6.09. The van der Waals surface area contributed by atoms with Crippen molar-refractivity contribution in [2.75, 3.05) is 23.4 Å². The Balaban J connectivity index is 1.31. The van der Waals surface area contributed by atoms with E-state index >= 15 is 0 Å². The lowest BCUT2D eigenvalue weighted by Crippen LogP contribution is -2.25. The predicted octanol–water partition coefficient (Wildman–Crippen LogP) is 4.52. The number of ether oxygens (including phenoxy) is 1. The fourth-order valence-electron chi connectivity index (χ4n) is 3.45. The summed E-state index contributed by atoms with van der Waals surface area (Å²) in [6.45, 7) is 2.80. The average molecular weight is 422 g/mol. The minimum atomic E-state index is -0.0794. The van der Waals surface area contributed by atoms with Crippen molar-refractivity contribution in [3.63, 3.8) is 0 Å². The molecule has 1 aliphatic heterocycles. The zero-order valence-corrected chi connectivity index (χ0v) is 17.6. The van der Waals surface area contributed by atoms with E-state index in [1.165, 1.54) is 16.9 Å². The molecule has 0 saturated carbocycles. The van der Waals surface area contributed by atoms with E-state index in [1.54, 1.807) is 11.8 Å². The Hall–Kier alpha value is -3.19. The molecule has 2 aromatic carbocycles. The summed E-state index contributed by atoms with van der Waals surface area (Å²) >= 11 is 1.39. The standard InChI is InChI=1S/C23H23N3O3S/c1-16(27)26-12-11-17-9-10-18(14-21(17)26)20-15-30-23(24-20)25-22(28)8-5-13-29-19-6-3-2-4-7-19/h2-4,6-7,9-10,14-15H,5,8,11-13H2,1H3,(H,24,25,28). The summed E-state index contributed by atoms with van der Waals surface area (Å²) in [6, 6.07) is 15.6. The highest BCUT2D eigenvalue weighted by atomic mass is 32.1. The van der Waals surface area contributed by atoms with Crippen molar-refractivity contribution in [2.24, 2.45) is 0 Å². The van der Waals surface area contributed by atoms with Crippen LogP contribution in [-0.2, 0) is 16.0 Å². The van der Waals surface area contributed by atoms with Crippen molar-refractivity contribution < 1.29 is 14.3 Å². The molecular weight excluding hydrogens is 398 g/mol. The van der Waals surface area contributed by atoms with Gasteiger partial charge < -0.3 is 15.0 Å². The number of rotatable bonds is 7. The van der Waals surface area contributed by atoms with Gasteiger partial charge in [0.2, 0.25) is 11.8 Å². The quantitative estimate of drug-likeness (QED) is 0.570. The fraction of sp³-hybridized carbons (Fsp3) is 0.261. The third-order valence-electron chi connectivity index (χ3n) is 4.97. The smallest absolute Gasteiger partial charge is 0.226 e. The number of para-hydroxylation sites is 1. The van der Waals surface area contributed by atoms with E-state index in [0.717, 1.165) is 35.7 Å². The highest BCUT2D eigenvalue weighted by molar-refractivity contribution is 7.14. The first-order valence-electron chi connectivity index (χ1n) is 9.95. The van der Waals surface area contributed by atoms with Gasteiger partial charge in [0.05, 0.1) is 12.3 Å². The molecule has 30 heavy (non-hydrogen) atoms. The first-order valence-corrected chi connectivity index (χ1v) is 10.8. The molecule has 1 aromatic heterocycles. The maximum Gasteiger partial charge on any atom is 0.226 e. The van der Waals surface area contributed by atoms with Crippen LogP contribution in [0.3, 0.4) is 0 Å². The number of anilines is 2. The Bertz CT molecular complexity index is 1050. The minimum Gasteiger partial charge on any atom is -0.494 e. The van der Waals surface area contributed by atoms with Crippen LogP contribution in [0.15, 0.2) is 53.9 Å². The summed E-state index contributed by atoms with van der Waals surface area (Å²) in [6.07, 6.45) is 1.88. The molecule has 0 aliphatic carbocycles. The Morgan fingerprint density at radius 3 is 2.83 bits per heavy atom. The second-order valence-electron chi connectivity index (χ2n) is 7.12. The van der Waals surface area contributed by atoms with Crippen LogP contribution in [0.2, 0.25) is 0 Å². The van der Waals surface area contributed by atoms with Crippen LogP contribution in [0.25, 0.3) is 11.3 Å². The van der Waals surface area contributed by atoms with E-state index in [9.17, 15) is 9.59 Å². The summed E-state index contributed by atoms with van der Waals surface area (Å²) < 4.78 is 5.61. The monoisotopic (exact) mass is 421 g/mol. The van der Waals surface area contributed by atoms with Gasteiger partial charge in [-0.25, -0.2) is 4.98 Å². The lowest BCUT2D eigenvalue weighted by molar-refractivity contribution is -0.117. The molecule has 2 amide bonds. The highest BCUT2D eigenvalue weighted by Crippen LogP contribution is 2.34. The fourth-order valence-corrected chi connectivity index (χ4v) is 4.19. The van der Waals surface area contributed by atoms with E-state index in [1.807, 2.05) is 47.8 Å². The molecule has 0 fully saturated rings. The normalized spacial score (nSPS) is 12.5. The minimum absolute atomic E-state index is 0.0494. The Morgan fingerprint density at radius 2 is 2.03 bits per heavy atom. The van der Waals surface area contributed by atoms with Crippen molar-refractivity contribution in [1.29, 1.82) is 0 Å². The van der Waals surface area contributed by atoms with Crippen LogP contribution in [-0.4, -0.2) is 29.9 Å². The predicted molar refractivity (Wildman–Crippen MR) is 119 cm³/mol. The molecule has 4 rings (SSSR count). The largest absolute Gasteiger partial charge is 0.494 e. The van der Waals surface area contributed by atoms with Crippen molar-refractivity contribution in [3.8, 4) is 17.0 Å². The maximum atomic E-state index is 12.2. The number of hydrogen-bond acceptors (Lipinski definition) is 5. The van der Waals surface area contributed by atoms with E-state index in [-0.39, 0.29) is 11.8 Å². The average Bonchev–Trinajstić information content (AvgIpc) is 3.38. The molecule has 1 N–H and O–H groups in total. The topological polar surface area (TPSA) is 71.5 Å². The summed E-state index contributed by atoms with van der Waals surface area (Å²) in [5.41, 5.74) is 3.86. The van der Waals surface area contributed by atoms with E-state index in [2.05, 4.69) is 16.4 Å². The molecule has 0 bridgehead atoms. The molecule has 154 valence electrons. The number of hydrogen-bond donors (Lipinski definition) is 1. The number of nitrogens with one attached hydrogen (secondary N) is 1. The van der Waals surface area contributed by atoms with Crippen molar-refractivity contribution in [3.05, 3.63) is 59.5 Å².